The monoisotopic (exact) mass is 363 g/mol. The molecule has 1 saturated heterocycles. The molecular formula is C23H25NO3. The number of piperidine rings is 1. The number of methoxy groups -OCH3 is 1. The molecule has 0 bridgehead atoms. The average Bonchev–Trinajstić information content (AvgIpc) is 2.72. The van der Waals surface area contributed by atoms with E-state index in [0.717, 1.165) is 11.3 Å². The molecule has 0 radical (unpaired) electrons. The molecule has 1 amide bonds. The lowest BCUT2D eigenvalue weighted by Crippen LogP contribution is -2.39. The van der Waals surface area contributed by atoms with E-state index < -0.39 is 0 Å². The summed E-state index contributed by atoms with van der Waals surface area (Å²) in [5.41, 5.74) is 2.90. The van der Waals surface area contributed by atoms with Crippen LogP contribution in [0.25, 0.3) is 6.08 Å². The maximum atomic E-state index is 12.7. The molecular weight excluding hydrogens is 338 g/mol. The van der Waals surface area contributed by atoms with Gasteiger partial charge in [0.25, 0.3) is 0 Å². The molecule has 0 aliphatic carbocycles. The van der Waals surface area contributed by atoms with Crippen LogP contribution >= 0.6 is 0 Å². The van der Waals surface area contributed by atoms with E-state index in [2.05, 4.69) is 0 Å². The van der Waals surface area contributed by atoms with Gasteiger partial charge in [0.05, 0.1) is 7.11 Å². The number of likely N-dealkylation sites (tertiary alicyclic amines) is 1. The molecule has 3 rings (SSSR count). The van der Waals surface area contributed by atoms with E-state index >= 15 is 0 Å². The second-order valence-electron chi connectivity index (χ2n) is 6.94. The number of carbonyl (C=O) groups excluding carboxylic acids is 2. The van der Waals surface area contributed by atoms with Crippen LogP contribution in [0.4, 0.5) is 0 Å². The Kier molecular flexibility index (Phi) is 6.07. The van der Waals surface area contributed by atoms with Crippen LogP contribution in [0.5, 0.6) is 5.75 Å². The fraction of sp³-hybridized carbons (Fsp3) is 0.304. The second-order valence-corrected chi connectivity index (χ2v) is 6.94. The summed E-state index contributed by atoms with van der Waals surface area (Å²) in [6.07, 6.45) is 4.88. The fourth-order valence-corrected chi connectivity index (χ4v) is 3.40. The molecule has 140 valence electrons. The van der Waals surface area contributed by atoms with Crippen LogP contribution in [0, 0.1) is 12.8 Å². The van der Waals surface area contributed by atoms with Crippen molar-refractivity contribution < 1.29 is 14.3 Å². The predicted octanol–water partition coefficient (Wildman–Crippen LogP) is 4.14. The summed E-state index contributed by atoms with van der Waals surface area (Å²) in [5, 5.41) is 0. The third-order valence-corrected chi connectivity index (χ3v) is 5.01. The lowest BCUT2D eigenvalue weighted by Gasteiger charge is -2.30. The Balaban J connectivity index is 1.54. The number of amides is 1. The zero-order valence-electron chi connectivity index (χ0n) is 15.9. The zero-order valence-corrected chi connectivity index (χ0v) is 15.9. The molecule has 0 spiro atoms. The molecule has 27 heavy (non-hydrogen) atoms. The average molecular weight is 363 g/mol. The molecule has 4 nitrogen and oxygen atoms in total. The van der Waals surface area contributed by atoms with Crippen LogP contribution in [0.1, 0.15) is 34.3 Å². The van der Waals surface area contributed by atoms with Crippen LogP contribution < -0.4 is 4.74 Å². The van der Waals surface area contributed by atoms with Gasteiger partial charge >= 0.3 is 0 Å². The van der Waals surface area contributed by atoms with Gasteiger partial charge in [-0.1, -0.05) is 29.8 Å². The SMILES string of the molecule is COc1ccc(C(=O)C2CCN(C(=O)C=Cc3cccc(C)c3)CC2)cc1. The normalized spacial score (nSPS) is 15.1. The van der Waals surface area contributed by atoms with Gasteiger partial charge in [0, 0.05) is 30.6 Å². The minimum atomic E-state index is -0.0248. The lowest BCUT2D eigenvalue weighted by atomic mass is 9.89. The van der Waals surface area contributed by atoms with Gasteiger partial charge < -0.3 is 9.64 Å². The highest BCUT2D eigenvalue weighted by molar-refractivity contribution is 5.98. The van der Waals surface area contributed by atoms with E-state index in [0.29, 0.717) is 31.5 Å². The molecule has 2 aromatic carbocycles. The number of aryl methyl sites for hydroxylation is 1. The first kappa shape index (κ1) is 18.9. The van der Waals surface area contributed by atoms with Crippen LogP contribution in [-0.2, 0) is 4.79 Å². The highest BCUT2D eigenvalue weighted by Gasteiger charge is 2.27. The largest absolute Gasteiger partial charge is 0.497 e. The quantitative estimate of drug-likeness (QED) is 0.592. The molecule has 0 atom stereocenters. The maximum absolute atomic E-state index is 12.7. The number of nitrogens with zero attached hydrogens (tertiary/aromatic N) is 1. The Morgan fingerprint density at radius 3 is 2.41 bits per heavy atom. The van der Waals surface area contributed by atoms with Crippen LogP contribution in [0.15, 0.2) is 54.6 Å². The van der Waals surface area contributed by atoms with Crippen molar-refractivity contribution in [2.75, 3.05) is 20.2 Å². The molecule has 1 heterocycles. The summed E-state index contributed by atoms with van der Waals surface area (Å²) in [4.78, 5) is 26.9. The predicted molar refractivity (Wildman–Crippen MR) is 107 cm³/mol. The van der Waals surface area contributed by atoms with Gasteiger partial charge in [-0.2, -0.15) is 0 Å². The molecule has 0 saturated carbocycles. The van der Waals surface area contributed by atoms with E-state index in [1.807, 2.05) is 66.4 Å². The fourth-order valence-electron chi connectivity index (χ4n) is 3.40. The standard InChI is InChI=1S/C23H25NO3/c1-17-4-3-5-18(16-17)6-11-22(25)24-14-12-20(13-15-24)23(26)19-7-9-21(27-2)10-8-19/h3-11,16,20H,12-15H2,1-2H3. The van der Waals surface area contributed by atoms with E-state index in [1.54, 1.807) is 13.2 Å². The highest BCUT2D eigenvalue weighted by Crippen LogP contribution is 2.23. The maximum Gasteiger partial charge on any atom is 0.246 e. The summed E-state index contributed by atoms with van der Waals surface area (Å²) in [7, 11) is 1.61. The summed E-state index contributed by atoms with van der Waals surface area (Å²) in [6, 6.07) is 15.3. The number of hydrogen-bond donors (Lipinski definition) is 0. The number of Topliss-reactive ketones (excluding diaryl/α,β-unsaturated/α-hetero) is 1. The van der Waals surface area contributed by atoms with Crippen LogP contribution in [0.3, 0.4) is 0 Å². The topological polar surface area (TPSA) is 46.6 Å². The molecule has 1 aliphatic rings. The Labute approximate surface area is 160 Å². The zero-order chi connectivity index (χ0) is 19.2. The lowest BCUT2D eigenvalue weighted by molar-refractivity contribution is -0.127. The van der Waals surface area contributed by atoms with Crippen molar-refractivity contribution >= 4 is 17.8 Å². The van der Waals surface area contributed by atoms with Crippen molar-refractivity contribution in [1.29, 1.82) is 0 Å². The van der Waals surface area contributed by atoms with E-state index in [-0.39, 0.29) is 17.6 Å². The van der Waals surface area contributed by atoms with Crippen molar-refractivity contribution in [3.8, 4) is 5.75 Å². The molecule has 4 heteroatoms. The van der Waals surface area contributed by atoms with Gasteiger partial charge in [0.1, 0.15) is 5.75 Å². The molecule has 0 N–H and O–H groups in total. The van der Waals surface area contributed by atoms with Crippen molar-refractivity contribution in [2.45, 2.75) is 19.8 Å². The first-order valence-electron chi connectivity index (χ1n) is 9.29. The van der Waals surface area contributed by atoms with E-state index in [1.165, 1.54) is 5.56 Å². The minimum Gasteiger partial charge on any atom is -0.497 e. The Bertz CT molecular complexity index is 831. The van der Waals surface area contributed by atoms with Gasteiger partial charge in [-0.15, -0.1) is 0 Å². The van der Waals surface area contributed by atoms with Gasteiger partial charge in [-0.3, -0.25) is 9.59 Å². The summed E-state index contributed by atoms with van der Waals surface area (Å²) in [6.45, 7) is 3.26. The Morgan fingerprint density at radius 2 is 1.78 bits per heavy atom. The number of carbonyl (C=O) groups is 2. The number of ketones is 1. The van der Waals surface area contributed by atoms with Gasteiger partial charge in [-0.05, 0) is 55.7 Å². The number of benzene rings is 2. The number of rotatable bonds is 5. The summed E-state index contributed by atoms with van der Waals surface area (Å²) >= 11 is 0. The smallest absolute Gasteiger partial charge is 0.246 e. The Morgan fingerprint density at radius 1 is 1.07 bits per heavy atom. The van der Waals surface area contributed by atoms with Gasteiger partial charge in [-0.25, -0.2) is 0 Å². The summed E-state index contributed by atoms with van der Waals surface area (Å²) < 4.78 is 5.13. The molecule has 2 aromatic rings. The number of ether oxygens (including phenoxy) is 1. The van der Waals surface area contributed by atoms with Gasteiger partial charge in [0.2, 0.25) is 5.91 Å². The second kappa shape index (κ2) is 8.67. The highest BCUT2D eigenvalue weighted by atomic mass is 16.5. The molecule has 0 aromatic heterocycles. The van der Waals surface area contributed by atoms with E-state index in [9.17, 15) is 9.59 Å². The van der Waals surface area contributed by atoms with Crippen molar-refractivity contribution in [2.24, 2.45) is 5.92 Å². The first-order chi connectivity index (χ1) is 13.1. The minimum absolute atomic E-state index is 0.00634. The number of hydrogen-bond acceptors (Lipinski definition) is 3. The van der Waals surface area contributed by atoms with Crippen molar-refractivity contribution in [3.05, 3.63) is 71.3 Å². The molecule has 1 aliphatic heterocycles. The third-order valence-electron chi connectivity index (χ3n) is 5.01. The van der Waals surface area contributed by atoms with Crippen molar-refractivity contribution in [1.82, 2.24) is 4.90 Å². The molecule has 0 unspecified atom stereocenters. The summed E-state index contributed by atoms with van der Waals surface area (Å²) in [5.74, 6) is 0.877. The van der Waals surface area contributed by atoms with Crippen LogP contribution in [-0.4, -0.2) is 36.8 Å². The van der Waals surface area contributed by atoms with Crippen molar-refractivity contribution in [3.63, 3.8) is 0 Å². The molecule has 1 fully saturated rings. The van der Waals surface area contributed by atoms with Gasteiger partial charge in [0.15, 0.2) is 5.78 Å². The first-order valence-corrected chi connectivity index (χ1v) is 9.29. The van der Waals surface area contributed by atoms with E-state index in [4.69, 9.17) is 4.74 Å². The Hall–Kier alpha value is -2.88. The van der Waals surface area contributed by atoms with Crippen LogP contribution in [0.2, 0.25) is 0 Å². The third kappa shape index (κ3) is 4.85.